The predicted molar refractivity (Wildman–Crippen MR) is 85.5 cm³/mol. The molecule has 1 fully saturated rings. The van der Waals surface area contributed by atoms with Crippen LogP contribution in [0.25, 0.3) is 0 Å². The van der Waals surface area contributed by atoms with E-state index in [1.807, 2.05) is 52.9 Å². The Bertz CT molecular complexity index is 463. The van der Waals surface area contributed by atoms with Crippen LogP contribution in [0.5, 0.6) is 5.75 Å². The van der Waals surface area contributed by atoms with Gasteiger partial charge in [0.25, 0.3) is 0 Å². The van der Waals surface area contributed by atoms with Crippen LogP contribution in [0, 0.1) is 0 Å². The molecule has 1 aromatic carbocycles. The van der Waals surface area contributed by atoms with Gasteiger partial charge in [0.2, 0.25) is 0 Å². The van der Waals surface area contributed by atoms with E-state index < -0.39 is 0 Å². The predicted octanol–water partition coefficient (Wildman–Crippen LogP) is 2.46. The maximum atomic E-state index is 6.02. The SMILES string of the molecule is CNc1ccc(B2OC(C)(C)C(C)(C)O2)cc1OC.Cl. The summed E-state index contributed by atoms with van der Waals surface area (Å²) >= 11 is 0. The van der Waals surface area contributed by atoms with Gasteiger partial charge in [-0.3, -0.25) is 0 Å². The second kappa shape index (κ2) is 5.84. The van der Waals surface area contributed by atoms with E-state index in [9.17, 15) is 0 Å². The van der Waals surface area contributed by atoms with E-state index in [1.54, 1.807) is 7.11 Å². The summed E-state index contributed by atoms with van der Waals surface area (Å²) in [5, 5.41) is 3.09. The van der Waals surface area contributed by atoms with Crippen LogP contribution in [0.2, 0.25) is 0 Å². The van der Waals surface area contributed by atoms with Crippen molar-refractivity contribution < 1.29 is 14.0 Å². The summed E-state index contributed by atoms with van der Waals surface area (Å²) in [6, 6.07) is 5.92. The van der Waals surface area contributed by atoms with Gasteiger partial charge >= 0.3 is 7.12 Å². The number of nitrogens with one attached hydrogen (secondary N) is 1. The highest BCUT2D eigenvalue weighted by Gasteiger charge is 2.51. The quantitative estimate of drug-likeness (QED) is 0.870. The van der Waals surface area contributed by atoms with E-state index in [-0.39, 0.29) is 30.7 Å². The molecule has 1 aromatic rings. The monoisotopic (exact) mass is 299 g/mol. The topological polar surface area (TPSA) is 39.7 Å². The summed E-state index contributed by atoms with van der Waals surface area (Å²) in [6.07, 6.45) is 0. The maximum Gasteiger partial charge on any atom is 0.494 e. The van der Waals surface area contributed by atoms with E-state index in [0.29, 0.717) is 0 Å². The lowest BCUT2D eigenvalue weighted by Crippen LogP contribution is -2.41. The Kier molecular flexibility index (Phi) is 5.01. The smallest absolute Gasteiger partial charge is 0.494 e. The van der Waals surface area contributed by atoms with Crippen molar-refractivity contribution in [2.75, 3.05) is 19.5 Å². The molecule has 0 amide bonds. The van der Waals surface area contributed by atoms with Gasteiger partial charge in [-0.15, -0.1) is 12.4 Å². The van der Waals surface area contributed by atoms with Crippen LogP contribution in [0.4, 0.5) is 5.69 Å². The van der Waals surface area contributed by atoms with Crippen LogP contribution >= 0.6 is 12.4 Å². The number of anilines is 1. The van der Waals surface area contributed by atoms with Crippen molar-refractivity contribution in [3.8, 4) is 5.75 Å². The van der Waals surface area contributed by atoms with E-state index >= 15 is 0 Å². The molecule has 2 rings (SSSR count). The van der Waals surface area contributed by atoms with E-state index in [0.717, 1.165) is 16.9 Å². The summed E-state index contributed by atoms with van der Waals surface area (Å²) in [7, 11) is 3.17. The number of rotatable bonds is 3. The van der Waals surface area contributed by atoms with Crippen molar-refractivity contribution in [1.82, 2.24) is 0 Å². The fraction of sp³-hybridized carbons (Fsp3) is 0.571. The number of ether oxygens (including phenoxy) is 1. The van der Waals surface area contributed by atoms with Gasteiger partial charge in [-0.2, -0.15) is 0 Å². The van der Waals surface area contributed by atoms with E-state index in [2.05, 4.69) is 5.32 Å². The van der Waals surface area contributed by atoms with E-state index in [1.165, 1.54) is 0 Å². The third-order valence-electron chi connectivity index (χ3n) is 4.02. The first-order valence-corrected chi connectivity index (χ1v) is 6.52. The van der Waals surface area contributed by atoms with Crippen molar-refractivity contribution >= 4 is 30.7 Å². The Balaban J connectivity index is 0.00000200. The summed E-state index contributed by atoms with van der Waals surface area (Å²) in [5.74, 6) is 0.787. The first-order chi connectivity index (χ1) is 8.80. The molecule has 1 aliphatic heterocycles. The zero-order valence-electron chi connectivity index (χ0n) is 12.9. The fourth-order valence-corrected chi connectivity index (χ4v) is 2.04. The van der Waals surface area contributed by atoms with E-state index in [4.69, 9.17) is 14.0 Å². The van der Waals surface area contributed by atoms with Crippen molar-refractivity contribution in [3.05, 3.63) is 18.2 Å². The Labute approximate surface area is 127 Å². The molecule has 6 heteroatoms. The summed E-state index contributed by atoms with van der Waals surface area (Å²) in [6.45, 7) is 8.19. The van der Waals surface area contributed by atoms with Gasteiger partial charge in [0.05, 0.1) is 24.0 Å². The molecule has 0 radical (unpaired) electrons. The molecule has 112 valence electrons. The molecule has 0 aromatic heterocycles. The molecule has 0 bridgehead atoms. The Morgan fingerprint density at radius 3 is 2.10 bits per heavy atom. The van der Waals surface area contributed by atoms with Crippen molar-refractivity contribution in [2.45, 2.75) is 38.9 Å². The van der Waals surface area contributed by atoms with Gasteiger partial charge < -0.3 is 19.4 Å². The zero-order valence-corrected chi connectivity index (χ0v) is 13.8. The average Bonchev–Trinajstić information content (AvgIpc) is 2.57. The normalized spacial score (nSPS) is 19.4. The van der Waals surface area contributed by atoms with Crippen LogP contribution < -0.4 is 15.5 Å². The van der Waals surface area contributed by atoms with Gasteiger partial charge in [-0.05, 0) is 45.3 Å². The first-order valence-electron chi connectivity index (χ1n) is 6.52. The van der Waals surface area contributed by atoms with Crippen LogP contribution in [-0.4, -0.2) is 32.5 Å². The van der Waals surface area contributed by atoms with Gasteiger partial charge in [0, 0.05) is 7.05 Å². The molecule has 1 saturated heterocycles. The molecule has 1 N–H and O–H groups in total. The molecule has 1 aliphatic rings. The fourth-order valence-electron chi connectivity index (χ4n) is 2.04. The van der Waals surface area contributed by atoms with Crippen LogP contribution in [0.3, 0.4) is 0 Å². The molecule has 0 aliphatic carbocycles. The Morgan fingerprint density at radius 2 is 1.65 bits per heavy atom. The highest BCUT2D eigenvalue weighted by atomic mass is 35.5. The number of benzene rings is 1. The molecular formula is C14H23BClNO3. The molecule has 0 atom stereocenters. The lowest BCUT2D eigenvalue weighted by atomic mass is 9.79. The largest absolute Gasteiger partial charge is 0.495 e. The molecule has 1 heterocycles. The minimum atomic E-state index is -0.357. The van der Waals surface area contributed by atoms with Gasteiger partial charge in [0.1, 0.15) is 5.75 Å². The minimum Gasteiger partial charge on any atom is -0.495 e. The minimum absolute atomic E-state index is 0. The third-order valence-corrected chi connectivity index (χ3v) is 4.02. The molecule has 0 unspecified atom stereocenters. The maximum absolute atomic E-state index is 6.02. The van der Waals surface area contributed by atoms with Crippen LogP contribution in [-0.2, 0) is 9.31 Å². The van der Waals surface area contributed by atoms with Crippen LogP contribution in [0.15, 0.2) is 18.2 Å². The van der Waals surface area contributed by atoms with Crippen molar-refractivity contribution in [2.24, 2.45) is 0 Å². The summed E-state index contributed by atoms with van der Waals surface area (Å²) < 4.78 is 17.4. The van der Waals surface area contributed by atoms with Crippen LogP contribution in [0.1, 0.15) is 27.7 Å². The van der Waals surface area contributed by atoms with Gasteiger partial charge in [-0.25, -0.2) is 0 Å². The first kappa shape index (κ1) is 17.1. The number of methoxy groups -OCH3 is 1. The number of hydrogen-bond donors (Lipinski definition) is 1. The number of hydrogen-bond acceptors (Lipinski definition) is 4. The van der Waals surface area contributed by atoms with Gasteiger partial charge in [0.15, 0.2) is 0 Å². The highest BCUT2D eigenvalue weighted by Crippen LogP contribution is 2.37. The number of halogens is 1. The lowest BCUT2D eigenvalue weighted by molar-refractivity contribution is 0.00578. The standard InChI is InChI=1S/C14H22BNO3.ClH/c1-13(2)14(3,4)19-15(18-13)10-7-8-11(16-5)12(9-10)17-6;/h7-9,16H,1-6H3;1H. The van der Waals surface area contributed by atoms with Gasteiger partial charge in [-0.1, -0.05) is 6.07 Å². The third kappa shape index (κ3) is 2.90. The van der Waals surface area contributed by atoms with Crippen molar-refractivity contribution in [3.63, 3.8) is 0 Å². The molecule has 0 spiro atoms. The molecule has 20 heavy (non-hydrogen) atoms. The van der Waals surface area contributed by atoms with Crippen molar-refractivity contribution in [1.29, 1.82) is 0 Å². The highest BCUT2D eigenvalue weighted by molar-refractivity contribution is 6.62. The Hall–Kier alpha value is -0.905. The Morgan fingerprint density at radius 1 is 1.10 bits per heavy atom. The summed E-state index contributed by atoms with van der Waals surface area (Å²) in [4.78, 5) is 0. The second-order valence-corrected chi connectivity index (χ2v) is 5.80. The molecule has 0 saturated carbocycles. The summed E-state index contributed by atoms with van der Waals surface area (Å²) in [5.41, 5.74) is 1.26. The lowest BCUT2D eigenvalue weighted by Gasteiger charge is -2.32. The average molecular weight is 300 g/mol. The zero-order chi connectivity index (χ0) is 14.3. The second-order valence-electron chi connectivity index (χ2n) is 5.80. The molecular weight excluding hydrogens is 276 g/mol. The molecule has 4 nitrogen and oxygen atoms in total.